The van der Waals surface area contributed by atoms with Gasteiger partial charge in [0, 0.05) is 24.8 Å². The highest BCUT2D eigenvalue weighted by atomic mass is 15.1. The molecule has 3 rings (SSSR count). The lowest BCUT2D eigenvalue weighted by molar-refractivity contribution is 0.315. The SMILES string of the molecule is CN(Cc1ccccc1)Cc1ccnc(-c2ccccc2)n1. The molecule has 0 N–H and O–H groups in total. The number of benzene rings is 2. The zero-order chi connectivity index (χ0) is 15.2. The lowest BCUT2D eigenvalue weighted by Crippen LogP contribution is -2.18. The molecule has 0 saturated heterocycles. The van der Waals surface area contributed by atoms with Crippen LogP contribution in [0.1, 0.15) is 11.3 Å². The van der Waals surface area contributed by atoms with Gasteiger partial charge in [0.15, 0.2) is 5.82 Å². The number of nitrogens with zero attached hydrogens (tertiary/aromatic N) is 3. The van der Waals surface area contributed by atoms with E-state index in [1.165, 1.54) is 5.56 Å². The second-order valence-electron chi connectivity index (χ2n) is 5.40. The molecular weight excluding hydrogens is 270 g/mol. The zero-order valence-electron chi connectivity index (χ0n) is 12.7. The Morgan fingerprint density at radius 2 is 1.50 bits per heavy atom. The predicted molar refractivity (Wildman–Crippen MR) is 89.1 cm³/mol. The van der Waals surface area contributed by atoms with Crippen LogP contribution in [0.2, 0.25) is 0 Å². The summed E-state index contributed by atoms with van der Waals surface area (Å²) in [5.41, 5.74) is 3.39. The van der Waals surface area contributed by atoms with Crippen LogP contribution in [0.15, 0.2) is 72.9 Å². The third kappa shape index (κ3) is 3.77. The molecule has 1 aromatic heterocycles. The van der Waals surface area contributed by atoms with Crippen molar-refractivity contribution < 1.29 is 0 Å². The molecule has 110 valence electrons. The Balaban J connectivity index is 1.70. The normalized spacial score (nSPS) is 10.8. The van der Waals surface area contributed by atoms with Crippen molar-refractivity contribution in [1.82, 2.24) is 14.9 Å². The van der Waals surface area contributed by atoms with E-state index in [4.69, 9.17) is 0 Å². The molecule has 22 heavy (non-hydrogen) atoms. The molecule has 0 spiro atoms. The summed E-state index contributed by atoms with van der Waals surface area (Å²) in [6.45, 7) is 1.71. The molecule has 0 aliphatic heterocycles. The largest absolute Gasteiger partial charge is 0.296 e. The van der Waals surface area contributed by atoms with Gasteiger partial charge in [-0.1, -0.05) is 60.7 Å². The van der Waals surface area contributed by atoms with Crippen LogP contribution in [0.3, 0.4) is 0 Å². The summed E-state index contributed by atoms with van der Waals surface area (Å²) in [6, 6.07) is 22.5. The third-order valence-electron chi connectivity index (χ3n) is 3.47. The lowest BCUT2D eigenvalue weighted by Gasteiger charge is -2.16. The van der Waals surface area contributed by atoms with Gasteiger partial charge in [-0.2, -0.15) is 0 Å². The molecule has 0 atom stereocenters. The Morgan fingerprint density at radius 1 is 0.818 bits per heavy atom. The molecule has 3 heteroatoms. The molecule has 3 aromatic rings. The van der Waals surface area contributed by atoms with Crippen LogP contribution in [0.5, 0.6) is 0 Å². The summed E-state index contributed by atoms with van der Waals surface area (Å²) in [5, 5.41) is 0. The van der Waals surface area contributed by atoms with Crippen molar-refractivity contribution in [1.29, 1.82) is 0 Å². The zero-order valence-corrected chi connectivity index (χ0v) is 12.7. The van der Waals surface area contributed by atoms with E-state index in [1.54, 1.807) is 0 Å². The molecular formula is C19H19N3. The van der Waals surface area contributed by atoms with Gasteiger partial charge in [-0.05, 0) is 18.7 Å². The van der Waals surface area contributed by atoms with E-state index in [1.807, 2.05) is 48.7 Å². The Labute approximate surface area is 131 Å². The van der Waals surface area contributed by atoms with Crippen LogP contribution >= 0.6 is 0 Å². The summed E-state index contributed by atoms with van der Waals surface area (Å²) in [5.74, 6) is 0.784. The second kappa shape index (κ2) is 6.96. The standard InChI is InChI=1S/C19H19N3/c1-22(14-16-8-4-2-5-9-16)15-18-12-13-20-19(21-18)17-10-6-3-7-11-17/h2-13H,14-15H2,1H3. The molecule has 0 saturated carbocycles. The van der Waals surface area contributed by atoms with Crippen molar-refractivity contribution in [3.63, 3.8) is 0 Å². The van der Waals surface area contributed by atoms with Crippen molar-refractivity contribution in [2.75, 3.05) is 7.05 Å². The van der Waals surface area contributed by atoms with Crippen molar-refractivity contribution in [3.8, 4) is 11.4 Å². The van der Waals surface area contributed by atoms with Gasteiger partial charge in [0.05, 0.1) is 5.69 Å². The van der Waals surface area contributed by atoms with Gasteiger partial charge in [0.25, 0.3) is 0 Å². The summed E-state index contributed by atoms with van der Waals surface area (Å²) in [4.78, 5) is 11.3. The molecule has 0 bridgehead atoms. The Bertz CT molecular complexity index is 711. The van der Waals surface area contributed by atoms with Crippen LogP contribution in [0.25, 0.3) is 11.4 Å². The van der Waals surface area contributed by atoms with Crippen molar-refractivity contribution in [2.24, 2.45) is 0 Å². The number of aromatic nitrogens is 2. The lowest BCUT2D eigenvalue weighted by atomic mass is 10.2. The summed E-state index contributed by atoms with van der Waals surface area (Å²) in [7, 11) is 2.11. The van der Waals surface area contributed by atoms with Gasteiger partial charge >= 0.3 is 0 Å². The fourth-order valence-corrected chi connectivity index (χ4v) is 2.44. The van der Waals surface area contributed by atoms with E-state index in [9.17, 15) is 0 Å². The van der Waals surface area contributed by atoms with Gasteiger partial charge in [0.2, 0.25) is 0 Å². The van der Waals surface area contributed by atoms with Gasteiger partial charge in [0.1, 0.15) is 0 Å². The number of hydrogen-bond acceptors (Lipinski definition) is 3. The van der Waals surface area contributed by atoms with Crippen molar-refractivity contribution in [3.05, 3.63) is 84.2 Å². The Kier molecular flexibility index (Phi) is 4.56. The third-order valence-corrected chi connectivity index (χ3v) is 3.47. The highest BCUT2D eigenvalue weighted by Gasteiger charge is 2.05. The van der Waals surface area contributed by atoms with E-state index >= 15 is 0 Å². The second-order valence-corrected chi connectivity index (χ2v) is 5.40. The van der Waals surface area contributed by atoms with Crippen molar-refractivity contribution >= 4 is 0 Å². The Hall–Kier alpha value is -2.52. The fraction of sp³-hybridized carbons (Fsp3) is 0.158. The first-order valence-electron chi connectivity index (χ1n) is 7.41. The molecule has 0 amide bonds. The maximum Gasteiger partial charge on any atom is 0.159 e. The van der Waals surface area contributed by atoms with Gasteiger partial charge in [-0.3, -0.25) is 4.90 Å². The van der Waals surface area contributed by atoms with Crippen LogP contribution in [0, 0.1) is 0 Å². The Morgan fingerprint density at radius 3 is 2.23 bits per heavy atom. The van der Waals surface area contributed by atoms with E-state index in [0.717, 1.165) is 30.2 Å². The van der Waals surface area contributed by atoms with E-state index in [2.05, 4.69) is 46.2 Å². The topological polar surface area (TPSA) is 29.0 Å². The predicted octanol–water partition coefficient (Wildman–Crippen LogP) is 3.78. The first-order chi connectivity index (χ1) is 10.8. The smallest absolute Gasteiger partial charge is 0.159 e. The molecule has 2 aromatic carbocycles. The highest BCUT2D eigenvalue weighted by Crippen LogP contribution is 2.14. The minimum Gasteiger partial charge on any atom is -0.296 e. The maximum absolute atomic E-state index is 4.67. The first-order valence-corrected chi connectivity index (χ1v) is 7.41. The maximum atomic E-state index is 4.67. The average Bonchev–Trinajstić information content (AvgIpc) is 2.57. The van der Waals surface area contributed by atoms with Crippen LogP contribution in [-0.2, 0) is 13.1 Å². The first kappa shape index (κ1) is 14.4. The fourth-order valence-electron chi connectivity index (χ4n) is 2.44. The van der Waals surface area contributed by atoms with Crippen LogP contribution in [-0.4, -0.2) is 21.9 Å². The monoisotopic (exact) mass is 289 g/mol. The van der Waals surface area contributed by atoms with Crippen molar-refractivity contribution in [2.45, 2.75) is 13.1 Å². The quantitative estimate of drug-likeness (QED) is 0.716. The van der Waals surface area contributed by atoms with Gasteiger partial charge in [-0.15, -0.1) is 0 Å². The molecule has 3 nitrogen and oxygen atoms in total. The summed E-state index contributed by atoms with van der Waals surface area (Å²) in [6.07, 6.45) is 1.83. The highest BCUT2D eigenvalue weighted by molar-refractivity contribution is 5.54. The van der Waals surface area contributed by atoms with E-state index in [0.29, 0.717) is 0 Å². The number of rotatable bonds is 5. The summed E-state index contributed by atoms with van der Waals surface area (Å²) >= 11 is 0. The summed E-state index contributed by atoms with van der Waals surface area (Å²) < 4.78 is 0. The molecule has 0 fully saturated rings. The molecule has 0 aliphatic carbocycles. The van der Waals surface area contributed by atoms with E-state index < -0.39 is 0 Å². The molecule has 0 unspecified atom stereocenters. The number of hydrogen-bond donors (Lipinski definition) is 0. The molecule has 0 radical (unpaired) electrons. The van der Waals surface area contributed by atoms with Crippen LogP contribution < -0.4 is 0 Å². The van der Waals surface area contributed by atoms with Gasteiger partial charge in [-0.25, -0.2) is 9.97 Å². The van der Waals surface area contributed by atoms with Gasteiger partial charge < -0.3 is 0 Å². The minimum atomic E-state index is 0.784. The average molecular weight is 289 g/mol. The van der Waals surface area contributed by atoms with E-state index in [-0.39, 0.29) is 0 Å². The molecule has 1 heterocycles. The van der Waals surface area contributed by atoms with Crippen LogP contribution in [0.4, 0.5) is 0 Å². The molecule has 0 aliphatic rings. The minimum absolute atomic E-state index is 0.784.